The minimum atomic E-state index is -0.765. The van der Waals surface area contributed by atoms with E-state index < -0.39 is 17.9 Å². The van der Waals surface area contributed by atoms with Crippen LogP contribution in [0.5, 0.6) is 5.75 Å². The Hall–Kier alpha value is -4.66. The van der Waals surface area contributed by atoms with Crippen molar-refractivity contribution >= 4 is 44.8 Å². The highest BCUT2D eigenvalue weighted by Crippen LogP contribution is 2.39. The molecule has 0 spiro atoms. The Kier molecular flexibility index (Phi) is 6.94. The third-order valence-corrected chi connectivity index (χ3v) is 7.08. The Morgan fingerprint density at radius 3 is 2.45 bits per heavy atom. The summed E-state index contributed by atoms with van der Waals surface area (Å²) in [7, 11) is 0. The molecule has 0 bridgehead atoms. The molecule has 1 aliphatic heterocycles. The van der Waals surface area contributed by atoms with Gasteiger partial charge in [-0.25, -0.2) is 0 Å². The number of para-hydroxylation sites is 1. The van der Waals surface area contributed by atoms with Crippen molar-refractivity contribution in [1.29, 1.82) is 0 Å². The number of rotatable bonds is 10. The zero-order chi connectivity index (χ0) is 27.6. The molecule has 0 aliphatic carbocycles. The van der Waals surface area contributed by atoms with Crippen molar-refractivity contribution in [2.24, 2.45) is 0 Å². The van der Waals surface area contributed by atoms with Crippen LogP contribution in [0.1, 0.15) is 23.6 Å². The first-order valence-corrected chi connectivity index (χ1v) is 13.3. The number of hydrogen-bond acceptors (Lipinski definition) is 5. The summed E-state index contributed by atoms with van der Waals surface area (Å²) < 4.78 is 13.4. The zero-order valence-corrected chi connectivity index (χ0v) is 22.0. The van der Waals surface area contributed by atoms with Gasteiger partial charge >= 0.3 is 0 Å². The van der Waals surface area contributed by atoms with Gasteiger partial charge in [0.05, 0.1) is 35.9 Å². The topological polar surface area (TPSA) is 106 Å². The fourth-order valence-electron chi connectivity index (χ4n) is 5.23. The third kappa shape index (κ3) is 4.79. The maximum atomic E-state index is 13.3. The van der Waals surface area contributed by atoms with E-state index in [0.717, 1.165) is 27.4 Å². The van der Waals surface area contributed by atoms with Crippen molar-refractivity contribution < 1.29 is 24.2 Å². The summed E-state index contributed by atoms with van der Waals surface area (Å²) in [6, 6.07) is 23.2. The molecule has 1 unspecified atom stereocenters. The van der Waals surface area contributed by atoms with Crippen molar-refractivity contribution in [3.05, 3.63) is 102 Å². The molecule has 0 fully saturated rings. The zero-order valence-electron chi connectivity index (χ0n) is 22.0. The molecule has 2 amide bonds. The smallest absolute Gasteiger partial charge is 0.259 e. The third-order valence-electron chi connectivity index (χ3n) is 7.08. The summed E-state index contributed by atoms with van der Waals surface area (Å²) in [4.78, 5) is 29.6. The van der Waals surface area contributed by atoms with Crippen LogP contribution in [0.4, 0.5) is 0 Å². The fourth-order valence-corrected chi connectivity index (χ4v) is 5.23. The molecule has 0 radical (unpaired) electrons. The maximum Gasteiger partial charge on any atom is 0.259 e. The number of carbonyl (C=O) groups is 2. The summed E-state index contributed by atoms with van der Waals surface area (Å²) in [5, 5.41) is 14.8. The van der Waals surface area contributed by atoms with Crippen LogP contribution in [0.2, 0.25) is 0 Å². The molecule has 0 saturated carbocycles. The SMILES string of the molecule is CCOCC(O)Cn1cc(C2=C(c3c[nH]c4ccccc34)C(=O)NC2=O)c2ccc(OCc3ccccc3)cc21. The Morgan fingerprint density at radius 2 is 1.65 bits per heavy atom. The van der Waals surface area contributed by atoms with Gasteiger partial charge in [0, 0.05) is 52.5 Å². The highest BCUT2D eigenvalue weighted by molar-refractivity contribution is 6.50. The van der Waals surface area contributed by atoms with Crippen molar-refractivity contribution in [3.8, 4) is 5.75 Å². The van der Waals surface area contributed by atoms with Crippen LogP contribution in [-0.2, 0) is 27.5 Å². The number of aromatic nitrogens is 2. The van der Waals surface area contributed by atoms with Gasteiger partial charge in [0.25, 0.3) is 11.8 Å². The first-order chi connectivity index (χ1) is 19.5. The molecule has 2 aromatic heterocycles. The first kappa shape index (κ1) is 25.6. The largest absolute Gasteiger partial charge is 0.489 e. The fraction of sp³-hybridized carbons (Fsp3) is 0.188. The Labute approximate surface area is 230 Å². The van der Waals surface area contributed by atoms with Gasteiger partial charge < -0.3 is 24.1 Å². The van der Waals surface area contributed by atoms with E-state index in [2.05, 4.69) is 10.3 Å². The number of carbonyl (C=O) groups excluding carboxylic acids is 2. The molecule has 202 valence electrons. The van der Waals surface area contributed by atoms with Gasteiger partial charge in [0.15, 0.2) is 0 Å². The van der Waals surface area contributed by atoms with E-state index in [9.17, 15) is 14.7 Å². The molecule has 3 heterocycles. The van der Waals surface area contributed by atoms with Crippen molar-refractivity contribution in [3.63, 3.8) is 0 Å². The monoisotopic (exact) mass is 535 g/mol. The van der Waals surface area contributed by atoms with Crippen LogP contribution >= 0.6 is 0 Å². The highest BCUT2D eigenvalue weighted by atomic mass is 16.5. The molecule has 8 heteroatoms. The lowest BCUT2D eigenvalue weighted by Crippen LogP contribution is -2.22. The number of amides is 2. The molecule has 6 rings (SSSR count). The number of aliphatic hydroxyl groups excluding tert-OH is 1. The average Bonchev–Trinajstić information content (AvgIpc) is 3.63. The van der Waals surface area contributed by atoms with Crippen LogP contribution < -0.4 is 10.1 Å². The van der Waals surface area contributed by atoms with E-state index >= 15 is 0 Å². The summed E-state index contributed by atoms with van der Waals surface area (Å²) in [6.45, 7) is 3.19. The lowest BCUT2D eigenvalue weighted by molar-refractivity contribution is -0.122. The number of benzene rings is 3. The Bertz CT molecular complexity index is 1750. The minimum Gasteiger partial charge on any atom is -0.489 e. The second-order valence-electron chi connectivity index (χ2n) is 9.74. The Morgan fingerprint density at radius 1 is 0.900 bits per heavy atom. The molecular formula is C32H29N3O5. The van der Waals surface area contributed by atoms with E-state index in [1.807, 2.05) is 90.5 Å². The van der Waals surface area contributed by atoms with E-state index in [0.29, 0.717) is 41.2 Å². The molecule has 3 aromatic carbocycles. The van der Waals surface area contributed by atoms with Crippen LogP contribution in [-0.4, -0.2) is 45.8 Å². The number of aliphatic hydroxyl groups is 1. The highest BCUT2D eigenvalue weighted by Gasteiger charge is 2.35. The lowest BCUT2D eigenvalue weighted by atomic mass is 9.95. The first-order valence-electron chi connectivity index (χ1n) is 13.3. The molecule has 1 atom stereocenters. The van der Waals surface area contributed by atoms with Gasteiger partial charge in [-0.15, -0.1) is 0 Å². The number of ether oxygens (including phenoxy) is 2. The van der Waals surface area contributed by atoms with Crippen LogP contribution in [0.25, 0.3) is 33.0 Å². The average molecular weight is 536 g/mol. The molecule has 5 aromatic rings. The second kappa shape index (κ2) is 10.8. The molecule has 1 aliphatic rings. The van der Waals surface area contributed by atoms with Gasteiger partial charge in [-0.2, -0.15) is 0 Å². The van der Waals surface area contributed by atoms with Crippen molar-refractivity contribution in [1.82, 2.24) is 14.9 Å². The van der Waals surface area contributed by atoms with E-state index in [-0.39, 0.29) is 13.2 Å². The van der Waals surface area contributed by atoms with Crippen molar-refractivity contribution in [2.45, 2.75) is 26.2 Å². The Balaban J connectivity index is 1.47. The van der Waals surface area contributed by atoms with Crippen molar-refractivity contribution in [2.75, 3.05) is 13.2 Å². The van der Waals surface area contributed by atoms with Gasteiger partial charge in [-0.3, -0.25) is 14.9 Å². The standard InChI is InChI=1S/C32H29N3O5/c1-2-39-19-21(36)16-35-17-26(24-13-12-22(14-28(24)35)40-18-20-8-4-3-5-9-20)30-29(31(37)34-32(30)38)25-15-33-27-11-7-6-10-23(25)27/h3-15,17,21,33,36H,2,16,18-19H2,1H3,(H,34,37,38). The number of nitrogens with one attached hydrogen (secondary N) is 2. The van der Waals surface area contributed by atoms with Crippen LogP contribution in [0, 0.1) is 0 Å². The van der Waals surface area contributed by atoms with Crippen LogP contribution in [0.15, 0.2) is 85.2 Å². The summed E-state index contributed by atoms with van der Waals surface area (Å²) in [6.07, 6.45) is 2.82. The van der Waals surface area contributed by atoms with Crippen LogP contribution in [0.3, 0.4) is 0 Å². The molecular weight excluding hydrogens is 506 g/mol. The normalized spacial score (nSPS) is 14.3. The molecule has 0 saturated heterocycles. The predicted octanol–water partition coefficient (Wildman–Crippen LogP) is 4.67. The summed E-state index contributed by atoms with van der Waals surface area (Å²) in [5.74, 6) is -0.243. The van der Waals surface area contributed by atoms with Gasteiger partial charge in [0.1, 0.15) is 12.4 Å². The number of nitrogens with zero attached hydrogens (tertiary/aromatic N) is 1. The second-order valence-corrected chi connectivity index (χ2v) is 9.74. The van der Waals surface area contributed by atoms with E-state index in [1.165, 1.54) is 0 Å². The number of H-pyrrole nitrogens is 1. The maximum absolute atomic E-state index is 13.3. The van der Waals surface area contributed by atoms with E-state index in [1.54, 1.807) is 6.20 Å². The minimum absolute atomic E-state index is 0.179. The van der Waals surface area contributed by atoms with Gasteiger partial charge in [0.2, 0.25) is 0 Å². The number of aromatic amines is 1. The number of hydrogen-bond donors (Lipinski definition) is 3. The molecule has 8 nitrogen and oxygen atoms in total. The molecule has 40 heavy (non-hydrogen) atoms. The van der Waals surface area contributed by atoms with Gasteiger partial charge in [-0.1, -0.05) is 48.5 Å². The number of fused-ring (bicyclic) bond motifs is 2. The van der Waals surface area contributed by atoms with Gasteiger partial charge in [-0.05, 0) is 30.7 Å². The lowest BCUT2D eigenvalue weighted by Gasteiger charge is -2.13. The predicted molar refractivity (Wildman–Crippen MR) is 153 cm³/mol. The quantitative estimate of drug-likeness (QED) is 0.226. The number of imide groups is 1. The summed E-state index contributed by atoms with van der Waals surface area (Å²) in [5.41, 5.74) is 4.58. The van der Waals surface area contributed by atoms with E-state index in [4.69, 9.17) is 9.47 Å². The molecule has 3 N–H and O–H groups in total. The summed E-state index contributed by atoms with van der Waals surface area (Å²) >= 11 is 0.